The van der Waals surface area contributed by atoms with Crippen LogP contribution in [0.5, 0.6) is 0 Å². The fourth-order valence-electron chi connectivity index (χ4n) is 2.12. The zero-order valence-electron chi connectivity index (χ0n) is 6.66. The lowest BCUT2D eigenvalue weighted by atomic mass is 9.82. The second-order valence-electron chi connectivity index (χ2n) is 3.83. The summed E-state index contributed by atoms with van der Waals surface area (Å²) in [7, 11) is -2.66. The smallest absolute Gasteiger partial charge is 0.151 e. The Morgan fingerprint density at radius 2 is 2.08 bits per heavy atom. The molecule has 2 fully saturated rings. The monoisotopic (exact) mass is 300 g/mol. The summed E-state index contributed by atoms with van der Waals surface area (Å²) in [6.45, 7) is 0.850. The first-order valence-corrected chi connectivity index (χ1v) is 7.09. The number of nitrogens with zero attached hydrogens (tertiary/aromatic N) is 1. The molecule has 5 heteroatoms. The molecule has 0 N–H and O–H groups in total. The number of hydrogen-bond acceptors (Lipinski definition) is 2. The van der Waals surface area contributed by atoms with Crippen LogP contribution in [0.15, 0.2) is 0 Å². The molecule has 2 aliphatic rings. The van der Waals surface area contributed by atoms with Crippen molar-refractivity contribution < 1.29 is 8.42 Å². The van der Waals surface area contributed by atoms with Gasteiger partial charge in [-0.2, -0.15) is 0 Å². The van der Waals surface area contributed by atoms with Crippen molar-refractivity contribution in [1.82, 2.24) is 0 Å². The van der Waals surface area contributed by atoms with Crippen molar-refractivity contribution in [2.75, 3.05) is 18.1 Å². The van der Waals surface area contributed by atoms with Gasteiger partial charge in [-0.1, -0.05) is 16.9 Å². The maximum Gasteiger partial charge on any atom is 0.151 e. The minimum Gasteiger partial charge on any atom is -0.651 e. The molecule has 1 unspecified atom stereocenters. The number of sulfone groups is 1. The number of halogens is 1. The zero-order chi connectivity index (χ0) is 8.82. The minimum absolute atomic E-state index is 0.117. The van der Waals surface area contributed by atoms with E-state index in [1.165, 1.54) is 0 Å². The second-order valence-corrected chi connectivity index (χ2v) is 7.33. The molecule has 2 aliphatic heterocycles. The summed E-state index contributed by atoms with van der Waals surface area (Å²) in [6.07, 6.45) is 1.94. The Labute approximate surface area is 86.4 Å². The number of alkyl halides is 1. The topological polar surface area (TPSA) is 48.2 Å². The van der Waals surface area contributed by atoms with Gasteiger partial charge in [0.15, 0.2) is 9.84 Å². The first kappa shape index (κ1) is 9.21. The van der Waals surface area contributed by atoms with Crippen LogP contribution in [0.1, 0.15) is 12.8 Å². The molecule has 2 heterocycles. The molecule has 0 amide bonds. The quantitative estimate of drug-likeness (QED) is 0.385. The summed E-state index contributed by atoms with van der Waals surface area (Å²) in [4.78, 5) is 0. The number of rotatable bonds is 0. The number of piperidine rings is 1. The molecule has 2 saturated heterocycles. The van der Waals surface area contributed by atoms with Gasteiger partial charge in [0.05, 0.1) is 11.5 Å². The third-order valence-electron chi connectivity index (χ3n) is 2.62. The van der Waals surface area contributed by atoms with E-state index in [0.717, 1.165) is 19.4 Å². The molecule has 0 aromatic heterocycles. The van der Waals surface area contributed by atoms with E-state index in [4.69, 9.17) is 0 Å². The third-order valence-corrected chi connectivity index (χ3v) is 5.56. The van der Waals surface area contributed by atoms with Crippen LogP contribution in [0.4, 0.5) is 0 Å². The highest BCUT2D eigenvalue weighted by atomic mass is 127. The van der Waals surface area contributed by atoms with Gasteiger partial charge in [0.1, 0.15) is 0 Å². The van der Waals surface area contributed by atoms with Crippen molar-refractivity contribution in [3.05, 3.63) is 5.32 Å². The second kappa shape index (κ2) is 2.81. The van der Waals surface area contributed by atoms with Gasteiger partial charge in [0.25, 0.3) is 0 Å². The lowest BCUT2D eigenvalue weighted by molar-refractivity contribution is 0.276. The lowest BCUT2D eigenvalue weighted by Gasteiger charge is -2.51. The van der Waals surface area contributed by atoms with E-state index in [2.05, 4.69) is 27.9 Å². The van der Waals surface area contributed by atoms with E-state index in [1.54, 1.807) is 0 Å². The molecule has 0 saturated carbocycles. The molecular formula is C7H11INO2S-. The predicted molar refractivity (Wildman–Crippen MR) is 56.4 cm³/mol. The molecule has 0 aromatic rings. The molecule has 1 spiro atoms. The molecule has 0 radical (unpaired) electrons. The molecular weight excluding hydrogens is 289 g/mol. The summed E-state index contributed by atoms with van der Waals surface area (Å²) in [6, 6.07) is 0. The van der Waals surface area contributed by atoms with Crippen LogP contribution in [-0.4, -0.2) is 30.5 Å². The van der Waals surface area contributed by atoms with Gasteiger partial charge in [-0.15, -0.1) is 29.1 Å². The molecule has 70 valence electrons. The highest BCUT2D eigenvalue weighted by Gasteiger charge is 2.47. The van der Waals surface area contributed by atoms with Gasteiger partial charge in [0, 0.05) is 0 Å². The van der Waals surface area contributed by atoms with Gasteiger partial charge in [-0.3, -0.25) is 0 Å². The van der Waals surface area contributed by atoms with Crippen molar-refractivity contribution in [3.8, 4) is 0 Å². The summed E-state index contributed by atoms with van der Waals surface area (Å²) in [5.41, 5.74) is 0.117. The third kappa shape index (κ3) is 1.63. The van der Waals surface area contributed by atoms with Crippen LogP contribution in [0.2, 0.25) is 0 Å². The Kier molecular flexibility index (Phi) is 2.16. The normalized spacial score (nSPS) is 37.6. The van der Waals surface area contributed by atoms with Gasteiger partial charge >= 0.3 is 0 Å². The standard InChI is InChI=1S/C7H11INO2S/c8-6-3-7(1-2-9-6)4-12(10,11)5-7/h6H,1-5H2/q-1. The molecule has 3 nitrogen and oxygen atoms in total. The average Bonchev–Trinajstić information content (AvgIpc) is 1.81. The van der Waals surface area contributed by atoms with Crippen molar-refractivity contribution in [2.45, 2.75) is 16.9 Å². The largest absolute Gasteiger partial charge is 0.651 e. The number of hydrogen-bond donors (Lipinski definition) is 0. The van der Waals surface area contributed by atoms with E-state index in [0.29, 0.717) is 15.6 Å². The van der Waals surface area contributed by atoms with Crippen molar-refractivity contribution in [1.29, 1.82) is 0 Å². The Hall–Kier alpha value is 0.640. The van der Waals surface area contributed by atoms with Gasteiger partial charge in [-0.25, -0.2) is 8.42 Å². The summed E-state index contributed by atoms with van der Waals surface area (Å²) in [5.74, 6) is 0.823. The Bertz CT molecular complexity index is 276. The van der Waals surface area contributed by atoms with Crippen molar-refractivity contribution >= 4 is 32.4 Å². The fraction of sp³-hybridized carbons (Fsp3) is 1.00. The first-order chi connectivity index (χ1) is 5.52. The van der Waals surface area contributed by atoms with Gasteiger partial charge in [-0.05, 0) is 5.41 Å². The Morgan fingerprint density at radius 3 is 2.58 bits per heavy atom. The fourth-order valence-corrected chi connectivity index (χ4v) is 5.64. The van der Waals surface area contributed by atoms with Crippen molar-refractivity contribution in [2.24, 2.45) is 5.41 Å². The minimum atomic E-state index is -2.66. The van der Waals surface area contributed by atoms with Crippen LogP contribution >= 0.6 is 22.6 Å². The van der Waals surface area contributed by atoms with Crippen LogP contribution in [0.25, 0.3) is 5.32 Å². The lowest BCUT2D eigenvalue weighted by Crippen LogP contribution is -2.51. The van der Waals surface area contributed by atoms with Gasteiger partial charge in [0.2, 0.25) is 0 Å². The predicted octanol–water partition coefficient (Wildman–Crippen LogP) is 1.33. The van der Waals surface area contributed by atoms with Crippen LogP contribution in [-0.2, 0) is 9.84 Å². The SMILES string of the molecule is O=S1(=O)CC2(CC[N-]C(I)C2)C1. The molecule has 0 aliphatic carbocycles. The zero-order valence-corrected chi connectivity index (χ0v) is 9.64. The van der Waals surface area contributed by atoms with Crippen LogP contribution in [0.3, 0.4) is 0 Å². The highest BCUT2D eigenvalue weighted by molar-refractivity contribution is 14.1. The Morgan fingerprint density at radius 1 is 1.42 bits per heavy atom. The summed E-state index contributed by atoms with van der Waals surface area (Å²) in [5, 5.41) is 4.35. The molecule has 1 atom stereocenters. The average molecular weight is 300 g/mol. The van der Waals surface area contributed by atoms with Crippen molar-refractivity contribution in [3.63, 3.8) is 0 Å². The van der Waals surface area contributed by atoms with E-state index in [-0.39, 0.29) is 5.41 Å². The van der Waals surface area contributed by atoms with E-state index >= 15 is 0 Å². The Balaban J connectivity index is 2.05. The van der Waals surface area contributed by atoms with E-state index < -0.39 is 9.84 Å². The first-order valence-electron chi connectivity index (χ1n) is 4.03. The molecule has 12 heavy (non-hydrogen) atoms. The summed E-state index contributed by atoms with van der Waals surface area (Å²) >= 11 is 2.29. The summed E-state index contributed by atoms with van der Waals surface area (Å²) < 4.78 is 22.4. The van der Waals surface area contributed by atoms with Gasteiger partial charge < -0.3 is 5.32 Å². The maximum absolute atomic E-state index is 11.0. The van der Waals surface area contributed by atoms with Crippen LogP contribution in [0, 0.1) is 5.41 Å². The maximum atomic E-state index is 11.0. The molecule has 2 rings (SSSR count). The van der Waals surface area contributed by atoms with E-state index in [1.807, 2.05) is 0 Å². The molecule has 0 aromatic carbocycles. The van der Waals surface area contributed by atoms with Crippen LogP contribution < -0.4 is 0 Å². The van der Waals surface area contributed by atoms with E-state index in [9.17, 15) is 8.42 Å². The molecule has 0 bridgehead atoms. The highest BCUT2D eigenvalue weighted by Crippen LogP contribution is 2.46.